The van der Waals surface area contributed by atoms with Gasteiger partial charge in [-0.2, -0.15) is 10.5 Å². The predicted molar refractivity (Wildman–Crippen MR) is 296 cm³/mol. The van der Waals surface area contributed by atoms with Gasteiger partial charge in [0.15, 0.2) is 0 Å². The zero-order valence-electron chi connectivity index (χ0n) is 39.1. The minimum absolute atomic E-state index is 0.337. The van der Waals surface area contributed by atoms with Gasteiger partial charge in [0.25, 0.3) is 0 Å². The Hall–Kier alpha value is -8.18. The average Bonchev–Trinajstić information content (AvgIpc) is 3.92. The number of ether oxygens (including phenoxy) is 2. The molecule has 0 saturated heterocycles. The van der Waals surface area contributed by atoms with Crippen molar-refractivity contribution in [3.63, 3.8) is 0 Å². The van der Waals surface area contributed by atoms with E-state index in [0.717, 1.165) is 60.9 Å². The van der Waals surface area contributed by atoms with Crippen LogP contribution >= 0.6 is 39.1 Å². The van der Waals surface area contributed by atoms with Crippen molar-refractivity contribution in [2.24, 2.45) is 0 Å². The number of nitriles is 2. The van der Waals surface area contributed by atoms with E-state index < -0.39 is 17.9 Å². The lowest BCUT2D eigenvalue weighted by Crippen LogP contribution is -2.32. The maximum Gasteiger partial charge on any atom is 0.488 e. The van der Waals surface area contributed by atoms with Crippen molar-refractivity contribution < 1.29 is 19.5 Å². The van der Waals surface area contributed by atoms with E-state index in [0.29, 0.717) is 26.6 Å². The molecule has 0 atom stereocenters. The lowest BCUT2D eigenvalue weighted by atomic mass is 9.66. The topological polar surface area (TPSA) is 106 Å². The van der Waals surface area contributed by atoms with E-state index in [2.05, 4.69) is 162 Å². The Morgan fingerprint density at radius 1 is 0.392 bits per heavy atom. The van der Waals surface area contributed by atoms with Crippen molar-refractivity contribution in [3.05, 3.63) is 289 Å². The van der Waals surface area contributed by atoms with Gasteiger partial charge in [-0.15, -0.1) is 0 Å². The molecule has 10 aromatic rings. The van der Waals surface area contributed by atoms with Crippen molar-refractivity contribution in [2.75, 3.05) is 0 Å². The second-order valence-corrected chi connectivity index (χ2v) is 20.1. The first-order valence-electron chi connectivity index (χ1n) is 23.8. The minimum Gasteiger partial charge on any atom is -0.457 e. The quantitative estimate of drug-likeness (QED) is 0.167. The van der Waals surface area contributed by atoms with Crippen LogP contribution in [0, 0.1) is 22.7 Å². The Balaban J connectivity index is 0.000000127. The van der Waals surface area contributed by atoms with Crippen LogP contribution in [0.5, 0.6) is 23.0 Å². The second kappa shape index (κ2) is 18.7. The van der Waals surface area contributed by atoms with E-state index >= 15 is 0 Å². The van der Waals surface area contributed by atoms with Gasteiger partial charge < -0.3 is 19.5 Å². The summed E-state index contributed by atoms with van der Waals surface area (Å²) in [6.07, 6.45) is 0. The Morgan fingerprint density at radius 2 is 0.784 bits per heavy atom. The van der Waals surface area contributed by atoms with Crippen molar-refractivity contribution >= 4 is 51.7 Å². The summed E-state index contributed by atoms with van der Waals surface area (Å²) >= 11 is 16.4. The van der Waals surface area contributed by atoms with Gasteiger partial charge in [-0.05, 0) is 128 Å². The molecule has 0 radical (unpaired) electrons. The Bertz CT molecular complexity index is 3870. The summed E-state index contributed by atoms with van der Waals surface area (Å²) in [5, 5.41) is 36.5. The average molecular weight is 1060 g/mol. The van der Waals surface area contributed by atoms with Crippen LogP contribution in [-0.2, 0) is 10.8 Å². The molecule has 2 N–H and O–H groups in total. The van der Waals surface area contributed by atoms with E-state index in [1.165, 1.54) is 50.6 Å². The van der Waals surface area contributed by atoms with E-state index in [-0.39, 0.29) is 0 Å². The third-order valence-electron chi connectivity index (χ3n) is 14.4. The fraction of sp³-hybridized carbons (Fsp3) is 0.0312. The van der Waals surface area contributed by atoms with Crippen LogP contribution in [0.3, 0.4) is 0 Å². The molecular weight excluding hydrogens is 1020 g/mol. The van der Waals surface area contributed by atoms with Crippen LogP contribution in [0.2, 0.25) is 10.0 Å². The first kappa shape index (κ1) is 46.9. The molecule has 2 heterocycles. The molecule has 2 spiro atoms. The summed E-state index contributed by atoms with van der Waals surface area (Å²) in [5.41, 5.74) is 17.0. The van der Waals surface area contributed by atoms with Gasteiger partial charge in [0.05, 0.1) is 34.1 Å². The standard InChI is InChI=1S/C32H18ClNO.C25H14BrClO.C7H6BNO2/c33-23-13-15-29-31(18-23)35-30-17-22(21-7-5-6-20(16-21)19-34)12-14-28(30)32(29)26-10-3-1-8-24(26)25-9-2-4-11-27(25)32;26-15-9-11-21-23(13-15)28-24-14-16(27)10-12-22(24)25(21)19-7-3-1-5-17(19)18-6-2-4-8-20(18)25;9-5-6-2-1-3-7(4-6)8(10)11/h1-18H;1-14H;1-4,10-11H. The molecule has 0 bridgehead atoms. The number of fused-ring (bicyclic) bond motifs is 18. The van der Waals surface area contributed by atoms with Crippen molar-refractivity contribution in [1.29, 1.82) is 10.5 Å². The molecular formula is C64H38BBrCl2N2O4. The lowest BCUT2D eigenvalue weighted by molar-refractivity contribution is 0.425. The molecule has 0 unspecified atom stereocenters. The summed E-state index contributed by atoms with van der Waals surface area (Å²) in [5.74, 6) is 3.23. The third-order valence-corrected chi connectivity index (χ3v) is 15.4. The fourth-order valence-electron chi connectivity index (χ4n) is 11.5. The summed E-state index contributed by atoms with van der Waals surface area (Å²) in [6, 6.07) is 77.3. The van der Waals surface area contributed by atoms with Crippen LogP contribution in [0.25, 0.3) is 33.4 Å². The summed E-state index contributed by atoms with van der Waals surface area (Å²) in [4.78, 5) is 0. The summed E-state index contributed by atoms with van der Waals surface area (Å²) in [6.45, 7) is 0. The highest BCUT2D eigenvalue weighted by Crippen LogP contribution is 2.64. The van der Waals surface area contributed by atoms with Gasteiger partial charge in [0.1, 0.15) is 23.0 Å². The molecule has 352 valence electrons. The molecule has 14 rings (SSSR count). The predicted octanol–water partition coefficient (Wildman–Crippen LogP) is 15.2. The molecule has 0 saturated carbocycles. The monoisotopic (exact) mass is 1060 g/mol. The molecule has 10 aromatic carbocycles. The number of hydrogen-bond acceptors (Lipinski definition) is 6. The molecule has 2 aliphatic carbocycles. The molecule has 0 aromatic heterocycles. The van der Waals surface area contributed by atoms with Crippen molar-refractivity contribution in [1.82, 2.24) is 0 Å². The van der Waals surface area contributed by atoms with Gasteiger partial charge in [0.2, 0.25) is 0 Å². The first-order valence-corrected chi connectivity index (χ1v) is 25.3. The highest BCUT2D eigenvalue weighted by molar-refractivity contribution is 9.10. The smallest absolute Gasteiger partial charge is 0.457 e. The van der Waals surface area contributed by atoms with E-state index in [9.17, 15) is 5.26 Å². The highest BCUT2D eigenvalue weighted by atomic mass is 79.9. The maximum atomic E-state index is 9.37. The first-order chi connectivity index (χ1) is 36.1. The minimum atomic E-state index is -1.50. The maximum absolute atomic E-state index is 9.37. The normalized spacial score (nSPS) is 13.3. The zero-order chi connectivity index (χ0) is 50.7. The number of halogens is 3. The van der Waals surface area contributed by atoms with Gasteiger partial charge in [-0.3, -0.25) is 0 Å². The molecule has 6 nitrogen and oxygen atoms in total. The van der Waals surface area contributed by atoms with Crippen LogP contribution in [0.4, 0.5) is 0 Å². The second-order valence-electron chi connectivity index (χ2n) is 18.3. The van der Waals surface area contributed by atoms with Crippen LogP contribution in [0.1, 0.15) is 55.6 Å². The molecule has 4 aliphatic rings. The zero-order valence-corrected chi connectivity index (χ0v) is 42.2. The van der Waals surface area contributed by atoms with Gasteiger partial charge in [-0.25, -0.2) is 0 Å². The highest BCUT2D eigenvalue weighted by Gasteiger charge is 2.52. The van der Waals surface area contributed by atoms with E-state index in [4.69, 9.17) is 48.0 Å². The number of nitrogens with zero attached hydrogens (tertiary/aromatic N) is 2. The van der Waals surface area contributed by atoms with E-state index in [1.807, 2.05) is 60.7 Å². The van der Waals surface area contributed by atoms with Crippen LogP contribution in [-0.4, -0.2) is 17.2 Å². The van der Waals surface area contributed by atoms with Crippen LogP contribution < -0.4 is 14.9 Å². The lowest BCUT2D eigenvalue weighted by Gasteiger charge is -2.39. The van der Waals surface area contributed by atoms with Crippen molar-refractivity contribution in [3.8, 4) is 68.5 Å². The number of hydrogen-bond donors (Lipinski definition) is 2. The largest absolute Gasteiger partial charge is 0.488 e. The SMILES string of the molecule is Clc1ccc2c(c1)Oc1cc(Br)ccc1C21c2ccccc2-c2ccccc21.N#Cc1cccc(-c2ccc3c(c2)Oc2cc(Cl)ccc2C32c3ccccc3-c3ccccc32)c1.N#Cc1cccc(B(O)O)c1. The molecule has 2 aliphatic heterocycles. The van der Waals surface area contributed by atoms with Crippen molar-refractivity contribution in [2.45, 2.75) is 10.8 Å². The fourth-order valence-corrected chi connectivity index (χ4v) is 12.1. The van der Waals surface area contributed by atoms with Gasteiger partial charge in [0, 0.05) is 36.8 Å². The third kappa shape index (κ3) is 7.45. The van der Waals surface area contributed by atoms with Gasteiger partial charge >= 0.3 is 7.12 Å². The number of rotatable bonds is 2. The summed E-state index contributed by atoms with van der Waals surface area (Å²) in [7, 11) is -1.50. The Morgan fingerprint density at radius 3 is 1.26 bits per heavy atom. The summed E-state index contributed by atoms with van der Waals surface area (Å²) < 4.78 is 13.9. The van der Waals surface area contributed by atoms with E-state index in [1.54, 1.807) is 18.2 Å². The Kier molecular flexibility index (Phi) is 11.8. The van der Waals surface area contributed by atoms with Crippen LogP contribution in [0.15, 0.2) is 223 Å². The molecule has 0 fully saturated rings. The Labute approximate surface area is 446 Å². The molecule has 10 heteroatoms. The molecule has 74 heavy (non-hydrogen) atoms. The van der Waals surface area contributed by atoms with Gasteiger partial charge in [-0.1, -0.05) is 191 Å². The number of benzene rings is 10. The molecule has 0 amide bonds.